The van der Waals surface area contributed by atoms with Crippen molar-refractivity contribution in [1.82, 2.24) is 0 Å². The molecule has 0 aromatic heterocycles. The predicted octanol–water partition coefficient (Wildman–Crippen LogP) is 18.1. The second kappa shape index (κ2) is 29.6. The van der Waals surface area contributed by atoms with Crippen molar-refractivity contribution >= 4 is 69.7 Å². The summed E-state index contributed by atoms with van der Waals surface area (Å²) in [7, 11) is 38.2. The van der Waals surface area contributed by atoms with Gasteiger partial charge in [-0.1, -0.05) is 0 Å². The van der Waals surface area contributed by atoms with Crippen LogP contribution < -0.4 is 14.2 Å². The molecule has 0 heterocycles. The Morgan fingerprint density at radius 2 is 0.607 bits per heavy atom. The zero-order valence-corrected chi connectivity index (χ0v) is 61.6. The molecule has 16 saturated carbocycles. The van der Waals surface area contributed by atoms with E-state index in [-0.39, 0.29) is 16.2 Å². The fourth-order valence-electron chi connectivity index (χ4n) is 21.7. The minimum atomic E-state index is -0.826. The second-order valence-corrected chi connectivity index (χ2v) is 39.3. The average molecular weight is 1500 g/mol. The molecule has 84 heavy (non-hydrogen) atoms. The Balaban J connectivity index is 0.000000133. The van der Waals surface area contributed by atoms with Crippen molar-refractivity contribution in [2.24, 2.45) is 91.9 Å². The fourth-order valence-corrected chi connectivity index (χ4v) is 21.7. The third kappa shape index (κ3) is 14.5. The number of aliphatic imine (C=N–C) groups is 3. The Hall–Kier alpha value is -0.141. The molecule has 16 aliphatic carbocycles. The van der Waals surface area contributed by atoms with Gasteiger partial charge in [-0.15, -0.1) is 0 Å². The zero-order valence-electron chi connectivity index (χ0n) is 49.7. The van der Waals surface area contributed by atoms with Gasteiger partial charge in [-0.2, -0.15) is 0 Å². The Morgan fingerprint density at radius 1 is 0.381 bits per heavy atom. The van der Waals surface area contributed by atoms with Crippen LogP contribution in [0.4, 0.5) is 0 Å². The van der Waals surface area contributed by atoms with Gasteiger partial charge >= 0.3 is 114 Å². The first kappa shape index (κ1) is 66.8. The number of methoxy groups -OCH3 is 3. The fraction of sp³-hybridized carbons (Fsp3) is 0.682. The molecule has 9 nitrogen and oxygen atoms in total. The molecule has 16 bridgehead atoms. The quantitative estimate of drug-likeness (QED) is 0.174. The summed E-state index contributed by atoms with van der Waals surface area (Å²) in [5, 5.41) is 33.2. The van der Waals surface area contributed by atoms with Crippen LogP contribution >= 0.6 is 51.1 Å². The summed E-state index contributed by atoms with van der Waals surface area (Å²) in [5.74, 6) is 15.2. The summed E-state index contributed by atoms with van der Waals surface area (Å²) in [5.41, 5.74) is 6.35. The summed E-state index contributed by atoms with van der Waals surface area (Å²) in [6.45, 7) is 0. The number of ether oxygens (including phenoxy) is 3. The number of phenolic OH excluding ortho intramolecular Hbond substituents is 3. The van der Waals surface area contributed by atoms with E-state index in [1.165, 1.54) is 148 Å². The summed E-state index contributed by atoms with van der Waals surface area (Å²) >= 11 is -2.48. The van der Waals surface area contributed by atoms with Crippen LogP contribution in [0.1, 0.15) is 181 Å². The molecule has 456 valence electrons. The monoisotopic (exact) mass is 1500 g/mol. The van der Waals surface area contributed by atoms with Crippen LogP contribution in [0.2, 0.25) is 0 Å². The van der Waals surface area contributed by atoms with E-state index >= 15 is 0 Å². The molecular weight excluding hydrogens is 1420 g/mol. The number of hydrogen-bond donors (Lipinski definition) is 3. The first-order valence-corrected chi connectivity index (χ1v) is 50.1. The van der Waals surface area contributed by atoms with Crippen molar-refractivity contribution in [1.29, 1.82) is 0 Å². The SMILES string of the molecule is CN=Cc1cc(OC)cc(C23CC4CC(CC(C4)C2)C3)c1O.CN=Cc1cc(OC)cc(C23CC4CC(CC(C4)C2)C3)c1O.COc1cc(C=NC2C3CC4CC(C3)CC2C4)c(O)c(C23CC4CC(CC(C4)C2)C3)c1.[Cl][Zr][Cl].[Cl][Zr][Cl].[Cl][Zr][Cl]. The van der Waals surface area contributed by atoms with Gasteiger partial charge in [0, 0.05) is 66.1 Å². The molecule has 3 aromatic rings. The molecule has 3 N–H and O–H groups in total. The summed E-state index contributed by atoms with van der Waals surface area (Å²) in [6, 6.07) is 12.6. The Morgan fingerprint density at radius 3 is 0.833 bits per heavy atom. The van der Waals surface area contributed by atoms with Crippen molar-refractivity contribution in [3.8, 4) is 34.5 Å². The van der Waals surface area contributed by atoms with Gasteiger partial charge in [0.1, 0.15) is 34.5 Å². The van der Waals surface area contributed by atoms with Gasteiger partial charge in [-0.25, -0.2) is 0 Å². The van der Waals surface area contributed by atoms with Crippen LogP contribution in [0, 0.1) is 76.9 Å². The second-order valence-electron chi connectivity index (χ2n) is 28.1. The van der Waals surface area contributed by atoms with E-state index in [1.807, 2.05) is 24.4 Å². The Bertz CT molecular complexity index is 2590. The molecule has 0 atom stereocenters. The first-order chi connectivity index (χ1) is 40.6. The molecular formula is C66H87Cl6N3O6Zr3. The van der Waals surface area contributed by atoms with Crippen LogP contribution in [0.5, 0.6) is 34.5 Å². The topological polar surface area (TPSA) is 125 Å². The van der Waals surface area contributed by atoms with Gasteiger partial charge in [0.05, 0.1) is 27.4 Å². The molecule has 0 amide bonds. The van der Waals surface area contributed by atoms with E-state index in [0.717, 1.165) is 128 Å². The number of rotatable bonds is 10. The van der Waals surface area contributed by atoms with E-state index in [1.54, 1.807) is 47.9 Å². The van der Waals surface area contributed by atoms with Crippen LogP contribution in [-0.2, 0) is 78.8 Å². The standard InChI is InChI=1S/C28H37NO2.2C19H25NO2.6ClH.3Zr/c1-31-24-10-23(15-29-26-21-6-16-2-17(8-21)9-22(26)7-16)27(30)25(11-24)28-12-18-3-19(13-28)5-20(4-18)14-28;2*1-20-11-15-6-16(22-2)7-17(18(15)21)19-8-12-3-13(9-19)5-14(4-12)10-19;;;;;;;;;/h10-11,15-22,26,30H,2-9,12-14H2,1H3;2*6-7,11-14,21H,3-5,8-10H2,1-2H3;6*1H;;;/q;;;;;;;;;3*+2/p-6. The van der Waals surface area contributed by atoms with Gasteiger partial charge in [-0.05, 0) is 277 Å². The normalized spacial score (nSPS) is 36.8. The molecule has 0 unspecified atom stereocenters. The minimum absolute atomic E-state index is 0.165. The van der Waals surface area contributed by atoms with Gasteiger partial charge < -0.3 is 29.5 Å². The Labute approximate surface area is 557 Å². The predicted molar refractivity (Wildman–Crippen MR) is 334 cm³/mol. The number of nitrogens with zero attached hydrogens (tertiary/aromatic N) is 3. The number of phenols is 3. The average Bonchev–Trinajstić information content (AvgIpc) is 2.54. The van der Waals surface area contributed by atoms with Gasteiger partial charge in [-0.3, -0.25) is 15.0 Å². The molecule has 16 aliphatic rings. The van der Waals surface area contributed by atoms with Crippen molar-refractivity contribution in [3.05, 3.63) is 69.8 Å². The van der Waals surface area contributed by atoms with Crippen molar-refractivity contribution < 1.29 is 92.1 Å². The van der Waals surface area contributed by atoms with E-state index in [0.29, 0.717) is 23.3 Å². The number of hydrogen-bond acceptors (Lipinski definition) is 9. The van der Waals surface area contributed by atoms with Crippen molar-refractivity contribution in [3.63, 3.8) is 0 Å². The van der Waals surface area contributed by atoms with Crippen LogP contribution in [-0.4, -0.2) is 75.4 Å². The maximum absolute atomic E-state index is 11.5. The molecule has 18 heteroatoms. The van der Waals surface area contributed by atoms with Crippen molar-refractivity contribution in [2.75, 3.05) is 35.4 Å². The first-order valence-electron chi connectivity index (χ1n) is 31.1. The number of benzene rings is 3. The summed E-state index contributed by atoms with van der Waals surface area (Å²) in [4.78, 5) is 13.4. The van der Waals surface area contributed by atoms with Gasteiger partial charge in [0.2, 0.25) is 0 Å². The van der Waals surface area contributed by atoms with Crippen LogP contribution in [0.3, 0.4) is 0 Å². The Kier molecular flexibility index (Phi) is 23.6. The van der Waals surface area contributed by atoms with Gasteiger partial charge in [0.15, 0.2) is 0 Å². The molecule has 0 aliphatic heterocycles. The third-order valence-corrected chi connectivity index (χ3v) is 23.0. The molecule has 19 rings (SSSR count). The van der Waals surface area contributed by atoms with Crippen molar-refractivity contribution in [2.45, 2.75) is 170 Å². The molecule has 0 spiro atoms. The molecule has 0 radical (unpaired) electrons. The summed E-state index contributed by atoms with van der Waals surface area (Å²) < 4.78 is 16.7. The number of aromatic hydroxyl groups is 3. The van der Waals surface area contributed by atoms with E-state index in [9.17, 15) is 15.3 Å². The summed E-state index contributed by atoms with van der Waals surface area (Å²) in [6.07, 6.45) is 36.4. The third-order valence-electron chi connectivity index (χ3n) is 23.0. The van der Waals surface area contributed by atoms with E-state index < -0.39 is 62.5 Å². The molecule has 3 aromatic carbocycles. The van der Waals surface area contributed by atoms with E-state index in [4.69, 9.17) is 70.3 Å². The molecule has 0 saturated heterocycles. The van der Waals surface area contributed by atoms with Gasteiger partial charge in [0.25, 0.3) is 0 Å². The maximum atomic E-state index is 11.5. The van der Waals surface area contributed by atoms with Crippen LogP contribution in [0.15, 0.2) is 51.4 Å². The van der Waals surface area contributed by atoms with E-state index in [2.05, 4.69) is 28.2 Å². The molecule has 16 fully saturated rings. The zero-order chi connectivity index (χ0) is 59.5. The van der Waals surface area contributed by atoms with Crippen LogP contribution in [0.25, 0.3) is 0 Å². The number of halogens is 6.